The Morgan fingerprint density at radius 3 is 2.82 bits per heavy atom. The fraction of sp³-hybridized carbons (Fsp3) is 0.391. The normalized spacial score (nSPS) is 19.5. The minimum absolute atomic E-state index is 0.442. The second-order valence-electron chi connectivity index (χ2n) is 7.62. The van der Waals surface area contributed by atoms with Gasteiger partial charge in [-0.05, 0) is 74.6 Å². The third-order valence-corrected chi connectivity index (χ3v) is 5.53. The van der Waals surface area contributed by atoms with Crippen molar-refractivity contribution in [2.45, 2.75) is 51.2 Å². The first kappa shape index (κ1) is 18.7. The molecule has 0 saturated heterocycles. The number of aromatic nitrogens is 2. The average Bonchev–Trinajstić information content (AvgIpc) is 2.73. The first-order valence-electron chi connectivity index (χ1n) is 10.1. The van der Waals surface area contributed by atoms with Crippen molar-refractivity contribution in [2.24, 2.45) is 0 Å². The van der Waals surface area contributed by atoms with Crippen LogP contribution in [0.2, 0.25) is 0 Å². The Balaban J connectivity index is 1.41. The summed E-state index contributed by atoms with van der Waals surface area (Å²) in [5.41, 5.74) is 3.26. The minimum Gasteiger partial charge on any atom is -0.497 e. The zero-order valence-corrected chi connectivity index (χ0v) is 16.6. The third-order valence-electron chi connectivity index (χ3n) is 5.53. The second kappa shape index (κ2) is 8.57. The molecule has 5 heteroatoms. The third kappa shape index (κ3) is 4.42. The van der Waals surface area contributed by atoms with E-state index >= 15 is 0 Å². The lowest BCUT2D eigenvalue weighted by atomic mass is 9.90. The van der Waals surface area contributed by atoms with Gasteiger partial charge in [0.25, 0.3) is 0 Å². The maximum Gasteiger partial charge on any atom is 0.129 e. The van der Waals surface area contributed by atoms with E-state index in [1.54, 1.807) is 7.11 Å². The Labute approximate surface area is 166 Å². The van der Waals surface area contributed by atoms with Gasteiger partial charge in [-0.15, -0.1) is 0 Å². The van der Waals surface area contributed by atoms with Gasteiger partial charge < -0.3 is 15.4 Å². The Bertz CT molecular complexity index is 929. The quantitative estimate of drug-likeness (QED) is 0.665. The van der Waals surface area contributed by atoms with Crippen molar-refractivity contribution in [1.29, 1.82) is 0 Å². The fourth-order valence-corrected chi connectivity index (χ4v) is 3.98. The van der Waals surface area contributed by atoms with E-state index in [-0.39, 0.29) is 0 Å². The molecule has 2 heterocycles. The van der Waals surface area contributed by atoms with Gasteiger partial charge in [0.15, 0.2) is 0 Å². The highest BCUT2D eigenvalue weighted by Crippen LogP contribution is 2.27. The van der Waals surface area contributed by atoms with E-state index in [1.165, 1.54) is 24.8 Å². The lowest BCUT2D eigenvalue weighted by Crippen LogP contribution is -2.38. The van der Waals surface area contributed by atoms with Crippen LogP contribution in [0.3, 0.4) is 0 Å². The van der Waals surface area contributed by atoms with E-state index in [0.29, 0.717) is 12.1 Å². The zero-order chi connectivity index (χ0) is 19.3. The van der Waals surface area contributed by atoms with Crippen molar-refractivity contribution in [3.63, 3.8) is 0 Å². The van der Waals surface area contributed by atoms with Crippen molar-refractivity contribution in [2.75, 3.05) is 12.4 Å². The molecular formula is C23H28N4O. The molecule has 146 valence electrons. The van der Waals surface area contributed by atoms with Crippen molar-refractivity contribution in [3.8, 4) is 5.75 Å². The van der Waals surface area contributed by atoms with E-state index < -0.39 is 0 Å². The van der Waals surface area contributed by atoms with Gasteiger partial charge in [0.1, 0.15) is 11.6 Å². The molecule has 5 nitrogen and oxygen atoms in total. The number of fused-ring (bicyclic) bond motifs is 1. The topological polar surface area (TPSA) is 59.1 Å². The summed E-state index contributed by atoms with van der Waals surface area (Å²) in [4.78, 5) is 9.27. The highest BCUT2D eigenvalue weighted by Gasteiger charge is 2.22. The average molecular weight is 377 g/mol. The first-order valence-corrected chi connectivity index (χ1v) is 10.1. The largest absolute Gasteiger partial charge is 0.497 e. The highest BCUT2D eigenvalue weighted by atomic mass is 16.5. The first-order chi connectivity index (χ1) is 13.7. The van der Waals surface area contributed by atoms with E-state index in [9.17, 15) is 0 Å². The fourth-order valence-electron chi connectivity index (χ4n) is 3.98. The van der Waals surface area contributed by atoms with Gasteiger partial charge in [0.2, 0.25) is 0 Å². The van der Waals surface area contributed by atoms with E-state index in [0.717, 1.165) is 41.1 Å². The lowest BCUT2D eigenvalue weighted by Gasteiger charge is -2.31. The van der Waals surface area contributed by atoms with Gasteiger partial charge in [-0.3, -0.25) is 4.98 Å². The Hall–Kier alpha value is -2.66. The molecule has 1 saturated carbocycles. The SMILES string of the molecule is COc1ccc2nc(NC3CCCC(NCc4ccccn4)C3)c(C)cc2c1. The molecule has 0 bridgehead atoms. The number of methoxy groups -OCH3 is 1. The number of hydrogen-bond acceptors (Lipinski definition) is 5. The maximum absolute atomic E-state index is 5.33. The molecular weight excluding hydrogens is 348 g/mol. The summed E-state index contributed by atoms with van der Waals surface area (Å²) in [5.74, 6) is 1.86. The van der Waals surface area contributed by atoms with Crippen molar-refractivity contribution >= 4 is 16.7 Å². The minimum atomic E-state index is 0.442. The maximum atomic E-state index is 5.33. The summed E-state index contributed by atoms with van der Waals surface area (Å²) >= 11 is 0. The lowest BCUT2D eigenvalue weighted by molar-refractivity contribution is 0.349. The molecule has 3 aromatic rings. The van der Waals surface area contributed by atoms with Gasteiger partial charge in [-0.2, -0.15) is 0 Å². The van der Waals surface area contributed by atoms with E-state index in [4.69, 9.17) is 9.72 Å². The van der Waals surface area contributed by atoms with Gasteiger partial charge in [0, 0.05) is 30.2 Å². The van der Waals surface area contributed by atoms with Crippen LogP contribution in [0.25, 0.3) is 10.9 Å². The monoisotopic (exact) mass is 376 g/mol. The van der Waals surface area contributed by atoms with Crippen molar-refractivity contribution in [3.05, 3.63) is 59.9 Å². The number of nitrogens with one attached hydrogen (secondary N) is 2. The zero-order valence-electron chi connectivity index (χ0n) is 16.6. The molecule has 1 aromatic carbocycles. The molecule has 0 aliphatic heterocycles. The number of ether oxygens (including phenoxy) is 1. The van der Waals surface area contributed by atoms with E-state index in [1.807, 2.05) is 36.5 Å². The number of aryl methyl sites for hydroxylation is 1. The molecule has 28 heavy (non-hydrogen) atoms. The number of rotatable bonds is 6. The van der Waals surface area contributed by atoms with Crippen LogP contribution in [-0.2, 0) is 6.54 Å². The molecule has 4 rings (SSSR count). The smallest absolute Gasteiger partial charge is 0.129 e. The number of anilines is 1. The predicted molar refractivity (Wildman–Crippen MR) is 114 cm³/mol. The van der Waals surface area contributed by atoms with Crippen LogP contribution in [0.1, 0.15) is 36.9 Å². The van der Waals surface area contributed by atoms with Crippen molar-refractivity contribution in [1.82, 2.24) is 15.3 Å². The van der Waals surface area contributed by atoms with Crippen LogP contribution in [0.15, 0.2) is 48.7 Å². The molecule has 2 aromatic heterocycles. The summed E-state index contributed by atoms with van der Waals surface area (Å²) in [6, 6.07) is 15.2. The summed E-state index contributed by atoms with van der Waals surface area (Å²) in [6.45, 7) is 2.95. The Morgan fingerprint density at radius 2 is 2.00 bits per heavy atom. The standard InChI is InChI=1S/C23H28N4O/c1-16-12-17-13-21(28-2)9-10-22(17)27-23(16)26-19-8-5-7-18(14-19)25-15-20-6-3-4-11-24-20/h3-4,6,9-13,18-19,25H,5,7-8,14-15H2,1-2H3,(H,26,27). The van der Waals surface area contributed by atoms with Crippen molar-refractivity contribution < 1.29 is 4.74 Å². The summed E-state index contributed by atoms with van der Waals surface area (Å²) in [5, 5.41) is 8.49. The summed E-state index contributed by atoms with van der Waals surface area (Å²) in [7, 11) is 1.69. The molecule has 0 amide bonds. The molecule has 1 fully saturated rings. The van der Waals surface area contributed by atoms with Gasteiger partial charge in [-0.25, -0.2) is 4.98 Å². The number of nitrogens with zero attached hydrogens (tertiary/aromatic N) is 2. The number of benzene rings is 1. The molecule has 2 atom stereocenters. The van der Waals surface area contributed by atoms with E-state index in [2.05, 4.69) is 34.7 Å². The number of hydrogen-bond donors (Lipinski definition) is 2. The molecule has 2 N–H and O–H groups in total. The summed E-state index contributed by atoms with van der Waals surface area (Å²) in [6.07, 6.45) is 6.58. The Morgan fingerprint density at radius 1 is 1.11 bits per heavy atom. The van der Waals surface area contributed by atoms with Crippen LogP contribution in [0.4, 0.5) is 5.82 Å². The summed E-state index contributed by atoms with van der Waals surface area (Å²) < 4.78 is 5.33. The number of pyridine rings is 2. The van der Waals surface area contributed by atoms with Gasteiger partial charge >= 0.3 is 0 Å². The predicted octanol–water partition coefficient (Wildman–Crippen LogP) is 4.46. The van der Waals surface area contributed by atoms with Gasteiger partial charge in [0.05, 0.1) is 18.3 Å². The molecule has 0 radical (unpaired) electrons. The van der Waals surface area contributed by atoms with Crippen LogP contribution >= 0.6 is 0 Å². The van der Waals surface area contributed by atoms with Crippen LogP contribution in [0.5, 0.6) is 5.75 Å². The van der Waals surface area contributed by atoms with Crippen LogP contribution in [-0.4, -0.2) is 29.2 Å². The molecule has 1 aliphatic rings. The second-order valence-corrected chi connectivity index (χ2v) is 7.62. The Kier molecular flexibility index (Phi) is 5.72. The molecule has 2 unspecified atom stereocenters. The molecule has 1 aliphatic carbocycles. The van der Waals surface area contributed by atoms with Gasteiger partial charge in [-0.1, -0.05) is 6.07 Å². The highest BCUT2D eigenvalue weighted by molar-refractivity contribution is 5.83. The van der Waals surface area contributed by atoms with Crippen LogP contribution < -0.4 is 15.4 Å². The van der Waals surface area contributed by atoms with Crippen LogP contribution in [0, 0.1) is 6.92 Å². The molecule has 0 spiro atoms.